The lowest BCUT2D eigenvalue weighted by molar-refractivity contribution is -0.120. The predicted molar refractivity (Wildman–Crippen MR) is 110 cm³/mol. The van der Waals surface area contributed by atoms with Gasteiger partial charge in [-0.25, -0.2) is 13.1 Å². The van der Waals surface area contributed by atoms with Crippen molar-refractivity contribution in [2.24, 2.45) is 0 Å². The molecule has 0 aromatic heterocycles. The number of carbonyl (C=O) groups excluding carboxylic acids is 1. The number of benzene rings is 2. The van der Waals surface area contributed by atoms with Crippen molar-refractivity contribution in [2.45, 2.75) is 37.5 Å². The molecule has 0 radical (unpaired) electrons. The molecule has 2 aromatic carbocycles. The van der Waals surface area contributed by atoms with Gasteiger partial charge in [-0.05, 0) is 47.7 Å². The molecule has 2 aromatic rings. The van der Waals surface area contributed by atoms with Crippen molar-refractivity contribution in [1.29, 1.82) is 0 Å². The zero-order chi connectivity index (χ0) is 20.6. The molecule has 1 amide bonds. The zero-order valence-electron chi connectivity index (χ0n) is 16.6. The van der Waals surface area contributed by atoms with Crippen molar-refractivity contribution in [3.05, 3.63) is 59.7 Å². The van der Waals surface area contributed by atoms with Crippen molar-refractivity contribution < 1.29 is 17.9 Å². The summed E-state index contributed by atoms with van der Waals surface area (Å²) in [6.07, 6.45) is 0.787. The predicted octanol–water partition coefficient (Wildman–Crippen LogP) is 2.85. The second kappa shape index (κ2) is 10.2. The summed E-state index contributed by atoms with van der Waals surface area (Å²) >= 11 is 0. The summed E-state index contributed by atoms with van der Waals surface area (Å²) in [5, 5.41) is 2.80. The van der Waals surface area contributed by atoms with Crippen LogP contribution in [0.5, 0.6) is 5.75 Å². The SMILES string of the molecule is COc1ccc(CCNC(=O)CCNS(=O)(=O)c2ccc(C(C)C)cc2)cc1. The van der Waals surface area contributed by atoms with Crippen molar-refractivity contribution in [3.63, 3.8) is 0 Å². The summed E-state index contributed by atoms with van der Waals surface area (Å²) in [5.74, 6) is 0.941. The van der Waals surface area contributed by atoms with Crippen LogP contribution in [0.3, 0.4) is 0 Å². The minimum atomic E-state index is -3.61. The van der Waals surface area contributed by atoms with Gasteiger partial charge in [-0.3, -0.25) is 4.79 Å². The molecule has 0 fully saturated rings. The minimum Gasteiger partial charge on any atom is -0.497 e. The van der Waals surface area contributed by atoms with Crippen LogP contribution in [0, 0.1) is 0 Å². The van der Waals surface area contributed by atoms with Gasteiger partial charge in [0.05, 0.1) is 12.0 Å². The van der Waals surface area contributed by atoms with Crippen LogP contribution in [0.4, 0.5) is 0 Å². The first-order valence-corrected chi connectivity index (χ1v) is 10.8. The molecule has 28 heavy (non-hydrogen) atoms. The lowest BCUT2D eigenvalue weighted by Gasteiger charge is -2.10. The van der Waals surface area contributed by atoms with Gasteiger partial charge in [0, 0.05) is 19.5 Å². The molecular formula is C21H28N2O4S. The smallest absolute Gasteiger partial charge is 0.240 e. The topological polar surface area (TPSA) is 84.5 Å². The van der Waals surface area contributed by atoms with Crippen LogP contribution in [-0.2, 0) is 21.2 Å². The van der Waals surface area contributed by atoms with Crippen LogP contribution < -0.4 is 14.8 Å². The number of nitrogens with one attached hydrogen (secondary N) is 2. The molecular weight excluding hydrogens is 376 g/mol. The van der Waals surface area contributed by atoms with Gasteiger partial charge >= 0.3 is 0 Å². The molecule has 0 heterocycles. The second-order valence-electron chi connectivity index (χ2n) is 6.82. The Bertz CT molecular complexity index is 860. The molecule has 0 saturated carbocycles. The van der Waals surface area contributed by atoms with E-state index in [0.29, 0.717) is 18.9 Å². The van der Waals surface area contributed by atoms with E-state index in [1.165, 1.54) is 0 Å². The lowest BCUT2D eigenvalue weighted by Crippen LogP contribution is -2.31. The number of sulfonamides is 1. The molecule has 7 heteroatoms. The highest BCUT2D eigenvalue weighted by atomic mass is 32.2. The van der Waals surface area contributed by atoms with Gasteiger partial charge in [0.25, 0.3) is 0 Å². The van der Waals surface area contributed by atoms with Crippen LogP contribution in [0.1, 0.15) is 37.3 Å². The maximum Gasteiger partial charge on any atom is 0.240 e. The third-order valence-electron chi connectivity index (χ3n) is 4.40. The quantitative estimate of drug-likeness (QED) is 0.638. The maximum absolute atomic E-state index is 12.3. The van der Waals surface area contributed by atoms with E-state index < -0.39 is 10.0 Å². The van der Waals surface area contributed by atoms with Gasteiger partial charge in [0.1, 0.15) is 5.75 Å². The molecule has 0 saturated heterocycles. The minimum absolute atomic E-state index is 0.0582. The van der Waals surface area contributed by atoms with Crippen LogP contribution in [0.25, 0.3) is 0 Å². The number of carbonyl (C=O) groups is 1. The van der Waals surface area contributed by atoms with E-state index in [-0.39, 0.29) is 23.8 Å². The van der Waals surface area contributed by atoms with Gasteiger partial charge in [0.15, 0.2) is 0 Å². The van der Waals surface area contributed by atoms with Crippen molar-refractivity contribution in [2.75, 3.05) is 20.2 Å². The number of hydrogen-bond acceptors (Lipinski definition) is 4. The summed E-state index contributed by atoms with van der Waals surface area (Å²) in [4.78, 5) is 12.1. The van der Waals surface area contributed by atoms with E-state index in [9.17, 15) is 13.2 Å². The lowest BCUT2D eigenvalue weighted by atomic mass is 10.0. The Hall–Kier alpha value is -2.38. The molecule has 0 unspecified atom stereocenters. The highest BCUT2D eigenvalue weighted by Crippen LogP contribution is 2.17. The normalized spacial score (nSPS) is 11.4. The Balaban J connectivity index is 1.73. The number of methoxy groups -OCH3 is 1. The van der Waals surface area contributed by atoms with Crippen LogP contribution in [-0.4, -0.2) is 34.5 Å². The number of amides is 1. The molecule has 0 aliphatic carbocycles. The maximum atomic E-state index is 12.3. The average molecular weight is 405 g/mol. The van der Waals surface area contributed by atoms with Gasteiger partial charge in [-0.1, -0.05) is 38.1 Å². The Kier molecular flexibility index (Phi) is 8.02. The van der Waals surface area contributed by atoms with E-state index in [4.69, 9.17) is 4.74 Å². The first-order chi connectivity index (χ1) is 13.3. The Morgan fingerprint density at radius 3 is 2.21 bits per heavy atom. The Morgan fingerprint density at radius 2 is 1.64 bits per heavy atom. The van der Waals surface area contributed by atoms with E-state index in [1.807, 2.05) is 36.4 Å². The van der Waals surface area contributed by atoms with E-state index in [0.717, 1.165) is 16.9 Å². The summed E-state index contributed by atoms with van der Waals surface area (Å²) in [6, 6.07) is 14.4. The van der Waals surface area contributed by atoms with Gasteiger partial charge in [-0.2, -0.15) is 0 Å². The third-order valence-corrected chi connectivity index (χ3v) is 5.87. The molecule has 0 spiro atoms. The second-order valence-corrected chi connectivity index (χ2v) is 8.59. The van der Waals surface area contributed by atoms with Crippen LogP contribution in [0.2, 0.25) is 0 Å². The zero-order valence-corrected chi connectivity index (χ0v) is 17.4. The van der Waals surface area contributed by atoms with Crippen LogP contribution >= 0.6 is 0 Å². The van der Waals surface area contributed by atoms with Gasteiger partial charge < -0.3 is 10.1 Å². The largest absolute Gasteiger partial charge is 0.497 e. The number of ether oxygens (including phenoxy) is 1. The summed E-state index contributed by atoms with van der Waals surface area (Å²) in [7, 11) is -2.00. The monoisotopic (exact) mass is 404 g/mol. The average Bonchev–Trinajstić information content (AvgIpc) is 2.68. The van der Waals surface area contributed by atoms with Gasteiger partial charge in [-0.15, -0.1) is 0 Å². The number of rotatable bonds is 10. The van der Waals surface area contributed by atoms with E-state index in [1.54, 1.807) is 19.2 Å². The van der Waals surface area contributed by atoms with Crippen LogP contribution in [0.15, 0.2) is 53.4 Å². The molecule has 2 rings (SSSR count). The summed E-state index contributed by atoms with van der Waals surface area (Å²) < 4.78 is 32.2. The first-order valence-electron chi connectivity index (χ1n) is 9.31. The highest BCUT2D eigenvalue weighted by Gasteiger charge is 2.14. The fourth-order valence-electron chi connectivity index (χ4n) is 2.64. The highest BCUT2D eigenvalue weighted by molar-refractivity contribution is 7.89. The standard InChI is InChI=1S/C21H28N2O4S/c1-16(2)18-6-10-20(11-7-18)28(25,26)23-15-13-21(24)22-14-12-17-4-8-19(27-3)9-5-17/h4-11,16,23H,12-15H2,1-3H3,(H,22,24). The Labute approximate surface area is 167 Å². The molecule has 0 bridgehead atoms. The molecule has 152 valence electrons. The molecule has 2 N–H and O–H groups in total. The fourth-order valence-corrected chi connectivity index (χ4v) is 3.67. The van der Waals surface area contributed by atoms with E-state index in [2.05, 4.69) is 23.9 Å². The summed E-state index contributed by atoms with van der Waals surface area (Å²) in [6.45, 7) is 4.65. The first kappa shape index (κ1) is 21.9. The molecule has 0 aliphatic heterocycles. The fraction of sp³-hybridized carbons (Fsp3) is 0.381. The van der Waals surface area contributed by atoms with Crippen molar-refractivity contribution in [1.82, 2.24) is 10.0 Å². The number of hydrogen-bond donors (Lipinski definition) is 2. The van der Waals surface area contributed by atoms with Gasteiger partial charge in [0.2, 0.25) is 15.9 Å². The van der Waals surface area contributed by atoms with E-state index >= 15 is 0 Å². The third kappa shape index (κ3) is 6.65. The Morgan fingerprint density at radius 1 is 1.00 bits per heavy atom. The summed E-state index contributed by atoms with van der Waals surface area (Å²) in [5.41, 5.74) is 2.17. The molecule has 6 nitrogen and oxygen atoms in total. The van der Waals surface area contributed by atoms with Crippen molar-refractivity contribution in [3.8, 4) is 5.75 Å². The van der Waals surface area contributed by atoms with Crippen molar-refractivity contribution >= 4 is 15.9 Å². The molecule has 0 aliphatic rings. The molecule has 0 atom stereocenters.